The van der Waals surface area contributed by atoms with Crippen LogP contribution in [0.25, 0.3) is 0 Å². The lowest BCUT2D eigenvalue weighted by molar-refractivity contribution is 0.485. The predicted octanol–water partition coefficient (Wildman–Crippen LogP) is 1.74. The molecule has 0 unspecified atom stereocenters. The van der Waals surface area contributed by atoms with Crippen LogP contribution in [-0.4, -0.2) is 42.3 Å². The number of tetrazole rings is 1. The summed E-state index contributed by atoms with van der Waals surface area (Å²) in [6.07, 6.45) is 3.78. The first-order valence-corrected chi connectivity index (χ1v) is 8.19. The minimum Gasteiger partial charge on any atom is -0.331 e. The minimum atomic E-state index is 0.411. The van der Waals surface area contributed by atoms with Crippen LogP contribution in [0, 0.1) is 0 Å². The fraction of sp³-hybridized carbons (Fsp3) is 0.692. The van der Waals surface area contributed by atoms with Crippen molar-refractivity contribution in [3.63, 3.8) is 0 Å². The molecule has 0 radical (unpaired) electrons. The lowest BCUT2D eigenvalue weighted by Gasteiger charge is -2.11. The van der Waals surface area contributed by atoms with Gasteiger partial charge >= 0.3 is 0 Å². The third kappa shape index (κ3) is 4.53. The van der Waals surface area contributed by atoms with Gasteiger partial charge in [-0.1, -0.05) is 25.6 Å². The molecular formula is C13H23N7S. The molecule has 116 valence electrons. The molecule has 0 amide bonds. The van der Waals surface area contributed by atoms with Crippen molar-refractivity contribution in [2.75, 3.05) is 6.54 Å². The summed E-state index contributed by atoms with van der Waals surface area (Å²) in [5, 5.41) is 16.1. The molecule has 7 nitrogen and oxygen atoms in total. The number of rotatable bonds is 8. The Hall–Kier alpha value is -1.41. The standard InChI is InChI=1S/C13H23N7S/c1-10(2)15-5-6-20-13(16-17-18-20)21-8-12-7-14-9-19(12)11(3)4/h7,9-11,15H,5-6,8H2,1-4H3. The van der Waals surface area contributed by atoms with E-state index in [0.717, 1.165) is 24.0 Å². The topological polar surface area (TPSA) is 73.5 Å². The van der Waals surface area contributed by atoms with Gasteiger partial charge in [-0.05, 0) is 24.3 Å². The van der Waals surface area contributed by atoms with Crippen LogP contribution in [0.1, 0.15) is 39.4 Å². The molecular weight excluding hydrogens is 286 g/mol. The highest BCUT2D eigenvalue weighted by atomic mass is 32.2. The van der Waals surface area contributed by atoms with E-state index in [-0.39, 0.29) is 0 Å². The van der Waals surface area contributed by atoms with E-state index in [1.165, 1.54) is 5.69 Å². The molecule has 2 aromatic heterocycles. The van der Waals surface area contributed by atoms with Gasteiger partial charge < -0.3 is 9.88 Å². The first-order valence-electron chi connectivity index (χ1n) is 7.21. The minimum absolute atomic E-state index is 0.411. The summed E-state index contributed by atoms with van der Waals surface area (Å²) in [7, 11) is 0. The fourth-order valence-electron chi connectivity index (χ4n) is 1.95. The smallest absolute Gasteiger partial charge is 0.209 e. The molecule has 0 atom stereocenters. The molecule has 0 aliphatic carbocycles. The maximum absolute atomic E-state index is 4.22. The average molecular weight is 309 g/mol. The zero-order valence-corrected chi connectivity index (χ0v) is 13.8. The molecule has 0 aliphatic heterocycles. The van der Waals surface area contributed by atoms with Gasteiger partial charge in [0.25, 0.3) is 0 Å². The number of nitrogens with zero attached hydrogens (tertiary/aromatic N) is 6. The molecule has 8 heteroatoms. The predicted molar refractivity (Wildman–Crippen MR) is 83.1 cm³/mol. The first kappa shape index (κ1) is 16.0. The van der Waals surface area contributed by atoms with Crippen molar-refractivity contribution in [1.82, 2.24) is 35.1 Å². The van der Waals surface area contributed by atoms with Gasteiger partial charge in [0.1, 0.15) is 0 Å². The number of aromatic nitrogens is 6. The largest absolute Gasteiger partial charge is 0.331 e. The molecule has 1 N–H and O–H groups in total. The number of imidazole rings is 1. The van der Waals surface area contributed by atoms with Gasteiger partial charge in [0, 0.05) is 36.3 Å². The van der Waals surface area contributed by atoms with Gasteiger partial charge in [-0.3, -0.25) is 0 Å². The van der Waals surface area contributed by atoms with Gasteiger partial charge in [-0.25, -0.2) is 9.67 Å². The van der Waals surface area contributed by atoms with E-state index in [2.05, 4.69) is 58.1 Å². The van der Waals surface area contributed by atoms with Crippen LogP contribution in [-0.2, 0) is 12.3 Å². The van der Waals surface area contributed by atoms with Crippen LogP contribution in [0.4, 0.5) is 0 Å². The van der Waals surface area contributed by atoms with Gasteiger partial charge in [0.05, 0.1) is 12.9 Å². The molecule has 0 bridgehead atoms. The molecule has 0 aromatic carbocycles. The van der Waals surface area contributed by atoms with Gasteiger partial charge in [0.2, 0.25) is 5.16 Å². The van der Waals surface area contributed by atoms with E-state index in [1.807, 2.05) is 17.2 Å². The molecule has 0 aliphatic rings. The summed E-state index contributed by atoms with van der Waals surface area (Å²) in [5.74, 6) is 0.816. The molecule has 2 heterocycles. The van der Waals surface area contributed by atoms with Crippen LogP contribution < -0.4 is 5.32 Å². The second-order valence-electron chi connectivity index (χ2n) is 5.47. The molecule has 21 heavy (non-hydrogen) atoms. The third-order valence-electron chi connectivity index (χ3n) is 3.03. The second kappa shape index (κ2) is 7.56. The summed E-state index contributed by atoms with van der Waals surface area (Å²) < 4.78 is 4.01. The second-order valence-corrected chi connectivity index (χ2v) is 6.41. The normalized spacial score (nSPS) is 11.7. The number of thioether (sulfide) groups is 1. The van der Waals surface area contributed by atoms with Crippen molar-refractivity contribution in [3.8, 4) is 0 Å². The van der Waals surface area contributed by atoms with Crippen LogP contribution in [0.5, 0.6) is 0 Å². The molecule has 0 saturated carbocycles. The zero-order chi connectivity index (χ0) is 15.2. The maximum Gasteiger partial charge on any atom is 0.209 e. The van der Waals surface area contributed by atoms with Crippen molar-refractivity contribution in [1.29, 1.82) is 0 Å². The average Bonchev–Trinajstić information content (AvgIpc) is 3.04. The quantitative estimate of drug-likeness (QED) is 0.749. The van der Waals surface area contributed by atoms with Crippen LogP contribution in [0.2, 0.25) is 0 Å². The third-order valence-corrected chi connectivity index (χ3v) is 4.02. The Balaban J connectivity index is 1.91. The van der Waals surface area contributed by atoms with Gasteiger partial charge in [-0.15, -0.1) is 5.10 Å². The SMILES string of the molecule is CC(C)NCCn1nnnc1SCc1cncn1C(C)C. The molecule has 0 saturated heterocycles. The van der Waals surface area contributed by atoms with E-state index in [9.17, 15) is 0 Å². The van der Waals surface area contributed by atoms with Crippen molar-refractivity contribution in [2.24, 2.45) is 0 Å². The molecule has 0 fully saturated rings. The van der Waals surface area contributed by atoms with Crippen molar-refractivity contribution >= 4 is 11.8 Å². The fourth-order valence-corrected chi connectivity index (χ4v) is 2.82. The zero-order valence-electron chi connectivity index (χ0n) is 13.0. The summed E-state index contributed by atoms with van der Waals surface area (Å²) in [6.45, 7) is 10.2. The first-order chi connectivity index (χ1) is 10.1. The Morgan fingerprint density at radius 2 is 2.10 bits per heavy atom. The van der Waals surface area contributed by atoms with Crippen molar-refractivity contribution < 1.29 is 0 Å². The summed E-state index contributed by atoms with van der Waals surface area (Å²) in [6, 6.07) is 0.882. The molecule has 2 rings (SSSR count). The van der Waals surface area contributed by atoms with E-state index < -0.39 is 0 Å². The van der Waals surface area contributed by atoms with Crippen molar-refractivity contribution in [2.45, 2.75) is 57.2 Å². The highest BCUT2D eigenvalue weighted by molar-refractivity contribution is 7.98. The monoisotopic (exact) mass is 309 g/mol. The molecule has 2 aromatic rings. The Labute approximate surface area is 129 Å². The van der Waals surface area contributed by atoms with Crippen molar-refractivity contribution in [3.05, 3.63) is 18.2 Å². The number of hydrogen-bond donors (Lipinski definition) is 1. The lowest BCUT2D eigenvalue weighted by atomic mass is 10.4. The Bertz CT molecular complexity index is 546. The van der Waals surface area contributed by atoms with Crippen LogP contribution >= 0.6 is 11.8 Å². The summed E-state index contributed by atoms with van der Waals surface area (Å²) in [5.41, 5.74) is 1.19. The summed E-state index contributed by atoms with van der Waals surface area (Å²) in [4.78, 5) is 4.22. The van der Waals surface area contributed by atoms with E-state index in [1.54, 1.807) is 11.8 Å². The Morgan fingerprint density at radius 3 is 2.81 bits per heavy atom. The Morgan fingerprint density at radius 1 is 1.29 bits per heavy atom. The van der Waals surface area contributed by atoms with E-state index >= 15 is 0 Å². The van der Waals surface area contributed by atoms with Gasteiger partial charge in [0.15, 0.2) is 0 Å². The highest BCUT2D eigenvalue weighted by Gasteiger charge is 2.10. The van der Waals surface area contributed by atoms with Crippen LogP contribution in [0.15, 0.2) is 17.7 Å². The van der Waals surface area contributed by atoms with E-state index in [0.29, 0.717) is 12.1 Å². The van der Waals surface area contributed by atoms with Gasteiger partial charge in [-0.2, -0.15) is 0 Å². The highest BCUT2D eigenvalue weighted by Crippen LogP contribution is 2.21. The maximum atomic E-state index is 4.22. The lowest BCUT2D eigenvalue weighted by Crippen LogP contribution is -2.27. The van der Waals surface area contributed by atoms with E-state index in [4.69, 9.17) is 0 Å². The van der Waals surface area contributed by atoms with Crippen LogP contribution in [0.3, 0.4) is 0 Å². The number of hydrogen-bond acceptors (Lipinski definition) is 6. The molecule has 0 spiro atoms. The number of nitrogens with one attached hydrogen (secondary N) is 1. The summed E-state index contributed by atoms with van der Waals surface area (Å²) >= 11 is 1.64. The Kier molecular flexibility index (Phi) is 5.75.